The minimum Gasteiger partial charge on any atom is -0.495 e. The first-order valence-electron chi connectivity index (χ1n) is 10.2. The predicted molar refractivity (Wildman–Crippen MR) is 132 cm³/mol. The molecule has 3 aromatic rings. The van der Waals surface area contributed by atoms with E-state index in [0.717, 1.165) is 11.8 Å². The van der Waals surface area contributed by atoms with Crippen LogP contribution in [0.4, 0.5) is 11.4 Å². The van der Waals surface area contributed by atoms with Crippen LogP contribution in [0.15, 0.2) is 35.5 Å². The Kier molecular flexibility index (Phi) is 8.25. The van der Waals surface area contributed by atoms with Gasteiger partial charge in [0.2, 0.25) is 22.7 Å². The Morgan fingerprint density at radius 3 is 2.17 bits per heavy atom. The number of benzene rings is 2. The molecule has 0 bridgehead atoms. The highest BCUT2D eigenvalue weighted by atomic mass is 32.2. The maximum Gasteiger partial charge on any atom is 0.234 e. The molecule has 1 aromatic heterocycles. The summed E-state index contributed by atoms with van der Waals surface area (Å²) in [6, 6.07) is 8.33. The number of methoxy groups -OCH3 is 4. The fourth-order valence-corrected chi connectivity index (χ4v) is 3.84. The van der Waals surface area contributed by atoms with Crippen LogP contribution < -0.4 is 35.4 Å². The van der Waals surface area contributed by atoms with Gasteiger partial charge in [-0.15, -0.1) is 10.2 Å². The Bertz CT molecular complexity index is 1210. The molecule has 0 aliphatic carbocycles. The third kappa shape index (κ3) is 5.87. The van der Waals surface area contributed by atoms with Crippen LogP contribution >= 0.6 is 11.8 Å². The molecule has 186 valence electrons. The molecule has 0 radical (unpaired) electrons. The Hall–Kier alpha value is -4.13. The Morgan fingerprint density at radius 1 is 0.943 bits per heavy atom. The molecular formula is C22H26N6O6S. The summed E-state index contributed by atoms with van der Waals surface area (Å²) in [5, 5.41) is 14.0. The summed E-state index contributed by atoms with van der Waals surface area (Å²) < 4.78 is 22.7. The van der Waals surface area contributed by atoms with Gasteiger partial charge in [-0.25, -0.2) is 4.68 Å². The van der Waals surface area contributed by atoms with Crippen molar-refractivity contribution in [3.05, 3.63) is 30.3 Å². The first kappa shape index (κ1) is 25.5. The zero-order chi connectivity index (χ0) is 25.5. The summed E-state index contributed by atoms with van der Waals surface area (Å²) in [4.78, 5) is 23.9. The van der Waals surface area contributed by atoms with Gasteiger partial charge in [-0.3, -0.25) is 9.59 Å². The number of nitrogens with two attached hydrogens (primary N) is 1. The monoisotopic (exact) mass is 502 g/mol. The molecule has 1 heterocycles. The second kappa shape index (κ2) is 11.3. The summed E-state index contributed by atoms with van der Waals surface area (Å²) in [5.74, 6) is 7.75. The lowest BCUT2D eigenvalue weighted by Crippen LogP contribution is -2.17. The van der Waals surface area contributed by atoms with Crippen molar-refractivity contribution in [1.29, 1.82) is 0 Å². The van der Waals surface area contributed by atoms with Gasteiger partial charge in [-0.2, -0.15) is 0 Å². The van der Waals surface area contributed by atoms with Crippen molar-refractivity contribution in [3.63, 3.8) is 0 Å². The maximum absolute atomic E-state index is 12.6. The third-order valence-corrected chi connectivity index (χ3v) is 5.66. The molecule has 12 nitrogen and oxygen atoms in total. The average molecular weight is 503 g/mol. The lowest BCUT2D eigenvalue weighted by Gasteiger charge is -2.14. The van der Waals surface area contributed by atoms with Crippen LogP contribution in [0.5, 0.6) is 23.0 Å². The number of anilines is 2. The molecule has 0 aliphatic heterocycles. The van der Waals surface area contributed by atoms with E-state index in [9.17, 15) is 9.59 Å². The van der Waals surface area contributed by atoms with Gasteiger partial charge in [-0.1, -0.05) is 11.8 Å². The molecule has 2 aromatic carbocycles. The molecule has 13 heteroatoms. The predicted octanol–water partition coefficient (Wildman–Crippen LogP) is 2.38. The molecule has 0 saturated carbocycles. The number of rotatable bonds is 10. The summed E-state index contributed by atoms with van der Waals surface area (Å²) in [6.07, 6.45) is 0. The number of nitrogen functional groups attached to an aromatic ring is 1. The van der Waals surface area contributed by atoms with Crippen LogP contribution in [0.2, 0.25) is 0 Å². The highest BCUT2D eigenvalue weighted by Crippen LogP contribution is 2.41. The number of carbonyl (C=O) groups is 2. The molecule has 0 aliphatic rings. The Labute approximate surface area is 206 Å². The molecule has 4 N–H and O–H groups in total. The van der Waals surface area contributed by atoms with Crippen LogP contribution in [0.25, 0.3) is 11.4 Å². The highest BCUT2D eigenvalue weighted by molar-refractivity contribution is 7.99. The number of amides is 2. The molecule has 0 spiro atoms. The van der Waals surface area contributed by atoms with Crippen LogP contribution in [0, 0.1) is 0 Å². The summed E-state index contributed by atoms with van der Waals surface area (Å²) in [7, 11) is 6.01. The van der Waals surface area contributed by atoms with E-state index in [1.807, 2.05) is 0 Å². The van der Waals surface area contributed by atoms with E-state index >= 15 is 0 Å². The fraction of sp³-hybridized carbons (Fsp3) is 0.273. The number of nitrogens with one attached hydrogen (secondary N) is 2. The molecule has 0 unspecified atom stereocenters. The second-order valence-electron chi connectivity index (χ2n) is 7.02. The SMILES string of the molecule is COc1ccc(NC(C)=O)cc1NC(=O)CSc1nnc(-c2cc(OC)c(OC)c(OC)c2)n1N. The quantitative estimate of drug-likeness (QED) is 0.278. The Balaban J connectivity index is 1.75. The van der Waals surface area contributed by atoms with E-state index in [2.05, 4.69) is 20.8 Å². The molecule has 0 saturated heterocycles. The van der Waals surface area contributed by atoms with Crippen LogP contribution in [-0.2, 0) is 9.59 Å². The van der Waals surface area contributed by atoms with Crippen molar-refractivity contribution in [2.45, 2.75) is 12.1 Å². The van der Waals surface area contributed by atoms with Crippen molar-refractivity contribution in [1.82, 2.24) is 14.9 Å². The van der Waals surface area contributed by atoms with E-state index in [1.54, 1.807) is 30.3 Å². The minimum atomic E-state index is -0.328. The maximum atomic E-state index is 12.6. The molecule has 35 heavy (non-hydrogen) atoms. The summed E-state index contributed by atoms with van der Waals surface area (Å²) >= 11 is 1.10. The van der Waals surface area contributed by atoms with E-state index in [1.165, 1.54) is 40.0 Å². The van der Waals surface area contributed by atoms with E-state index < -0.39 is 0 Å². The fourth-order valence-electron chi connectivity index (χ4n) is 3.19. The van der Waals surface area contributed by atoms with Gasteiger partial charge in [0.25, 0.3) is 0 Å². The van der Waals surface area contributed by atoms with Gasteiger partial charge in [0.1, 0.15) is 5.75 Å². The van der Waals surface area contributed by atoms with Crippen LogP contribution in [0.1, 0.15) is 6.92 Å². The first-order chi connectivity index (χ1) is 16.8. The summed E-state index contributed by atoms with van der Waals surface area (Å²) in [5.41, 5.74) is 1.53. The molecule has 0 fully saturated rings. The van der Waals surface area contributed by atoms with Gasteiger partial charge >= 0.3 is 0 Å². The first-order valence-corrected chi connectivity index (χ1v) is 11.2. The van der Waals surface area contributed by atoms with E-state index in [4.69, 9.17) is 24.8 Å². The van der Waals surface area contributed by atoms with Gasteiger partial charge in [0, 0.05) is 18.2 Å². The van der Waals surface area contributed by atoms with Crippen molar-refractivity contribution in [2.24, 2.45) is 0 Å². The third-order valence-electron chi connectivity index (χ3n) is 4.71. The summed E-state index contributed by atoms with van der Waals surface area (Å²) in [6.45, 7) is 1.40. The number of hydrogen-bond donors (Lipinski definition) is 3. The highest BCUT2D eigenvalue weighted by Gasteiger charge is 2.19. The van der Waals surface area contributed by atoms with Gasteiger partial charge < -0.3 is 35.4 Å². The van der Waals surface area contributed by atoms with E-state index in [-0.39, 0.29) is 17.6 Å². The lowest BCUT2D eigenvalue weighted by atomic mass is 10.1. The number of carbonyl (C=O) groups excluding carboxylic acids is 2. The zero-order valence-corrected chi connectivity index (χ0v) is 20.7. The second-order valence-corrected chi connectivity index (χ2v) is 7.97. The standard InChI is InChI=1S/C22H26N6O6S/c1-12(29)24-14-6-7-16(31-2)15(10-14)25-19(30)11-35-22-27-26-21(28(22)23)13-8-17(32-3)20(34-5)18(9-13)33-4/h6-10H,11,23H2,1-5H3,(H,24,29)(H,25,30). The number of thioether (sulfide) groups is 1. The van der Waals surface area contributed by atoms with Gasteiger partial charge in [0.05, 0.1) is 39.9 Å². The molecule has 0 atom stereocenters. The van der Waals surface area contributed by atoms with Crippen LogP contribution in [-0.4, -0.2) is 60.9 Å². The normalized spacial score (nSPS) is 10.4. The van der Waals surface area contributed by atoms with Gasteiger partial charge in [0.15, 0.2) is 17.3 Å². The van der Waals surface area contributed by atoms with Crippen molar-refractivity contribution in [2.75, 3.05) is 50.7 Å². The number of nitrogens with zero attached hydrogens (tertiary/aromatic N) is 3. The lowest BCUT2D eigenvalue weighted by molar-refractivity contribution is -0.114. The van der Waals surface area contributed by atoms with Gasteiger partial charge in [-0.05, 0) is 30.3 Å². The number of aromatic nitrogens is 3. The number of hydrogen-bond acceptors (Lipinski definition) is 10. The molecule has 2 amide bonds. The minimum absolute atomic E-state index is 0.00188. The van der Waals surface area contributed by atoms with E-state index in [0.29, 0.717) is 50.9 Å². The van der Waals surface area contributed by atoms with Crippen molar-refractivity contribution >= 4 is 35.0 Å². The molecule has 3 rings (SSSR count). The van der Waals surface area contributed by atoms with Crippen LogP contribution in [0.3, 0.4) is 0 Å². The largest absolute Gasteiger partial charge is 0.495 e. The topological polar surface area (TPSA) is 152 Å². The number of ether oxygens (including phenoxy) is 4. The van der Waals surface area contributed by atoms with Crippen molar-refractivity contribution in [3.8, 4) is 34.4 Å². The van der Waals surface area contributed by atoms with Crippen molar-refractivity contribution < 1.29 is 28.5 Å². The molecular weight excluding hydrogens is 476 g/mol. The average Bonchev–Trinajstić information content (AvgIpc) is 3.21. The zero-order valence-electron chi connectivity index (χ0n) is 19.9. The smallest absolute Gasteiger partial charge is 0.234 e. The Morgan fingerprint density at radius 2 is 1.60 bits per heavy atom.